The highest BCUT2D eigenvalue weighted by Gasteiger charge is 2.25. The van der Waals surface area contributed by atoms with Crippen LogP contribution in [-0.2, 0) is 0 Å². The molecule has 0 aliphatic heterocycles. The van der Waals surface area contributed by atoms with Gasteiger partial charge in [0.05, 0.1) is 35.9 Å². The molecule has 1 fully saturated rings. The van der Waals surface area contributed by atoms with Gasteiger partial charge in [0.15, 0.2) is 0 Å². The summed E-state index contributed by atoms with van der Waals surface area (Å²) in [5, 5.41) is 32.7. The van der Waals surface area contributed by atoms with E-state index in [1.807, 2.05) is 30.8 Å². The van der Waals surface area contributed by atoms with Crippen molar-refractivity contribution in [3.8, 4) is 23.1 Å². The molecule has 1 atom stereocenters. The average Bonchev–Trinajstić information content (AvgIpc) is 3.47. The molecule has 0 bridgehead atoms. The van der Waals surface area contributed by atoms with Gasteiger partial charge in [0.2, 0.25) is 0 Å². The van der Waals surface area contributed by atoms with Gasteiger partial charge in [0, 0.05) is 11.8 Å². The zero-order valence-electron chi connectivity index (χ0n) is 19.6. The van der Waals surface area contributed by atoms with Gasteiger partial charge >= 0.3 is 0 Å². The molecule has 10 heteroatoms. The Bertz CT molecular complexity index is 1380. The maximum atomic E-state index is 13.4. The van der Waals surface area contributed by atoms with E-state index in [-0.39, 0.29) is 12.1 Å². The first-order chi connectivity index (χ1) is 17.0. The largest absolute Gasteiger partial charge is 0.482 e. The third-order valence-corrected chi connectivity index (χ3v) is 6.63. The SMILES string of the molecule is CC[C@@H](Oc1cc(-c2nnn(C3CCC(O)CC3)c2C)cn2ncc(C#N)c12)c1ccc(F)cn1. The predicted octanol–water partition coefficient (Wildman–Crippen LogP) is 4.31. The number of aromatic nitrogens is 6. The summed E-state index contributed by atoms with van der Waals surface area (Å²) in [5.41, 5.74) is 3.89. The van der Waals surface area contributed by atoms with E-state index in [2.05, 4.69) is 26.5 Å². The molecule has 0 unspecified atom stereocenters. The molecule has 9 nitrogen and oxygen atoms in total. The Kier molecular flexibility index (Phi) is 6.17. The lowest BCUT2D eigenvalue weighted by Gasteiger charge is -2.26. The summed E-state index contributed by atoms with van der Waals surface area (Å²) in [6.45, 7) is 3.93. The van der Waals surface area contributed by atoms with E-state index in [1.54, 1.807) is 10.6 Å². The van der Waals surface area contributed by atoms with Crippen LogP contribution in [0.15, 0.2) is 36.8 Å². The van der Waals surface area contributed by atoms with Crippen LogP contribution < -0.4 is 4.74 Å². The zero-order chi connectivity index (χ0) is 24.5. The lowest BCUT2D eigenvalue weighted by Crippen LogP contribution is -2.22. The molecule has 0 spiro atoms. The van der Waals surface area contributed by atoms with Gasteiger partial charge in [-0.1, -0.05) is 12.1 Å². The van der Waals surface area contributed by atoms with Crippen molar-refractivity contribution in [2.75, 3.05) is 0 Å². The van der Waals surface area contributed by atoms with E-state index in [0.29, 0.717) is 34.6 Å². The number of aliphatic hydroxyl groups is 1. The molecule has 0 radical (unpaired) electrons. The minimum Gasteiger partial charge on any atom is -0.482 e. The number of aliphatic hydroxyl groups excluding tert-OH is 1. The smallest absolute Gasteiger partial charge is 0.148 e. The zero-order valence-corrected chi connectivity index (χ0v) is 19.6. The van der Waals surface area contributed by atoms with Crippen LogP contribution in [0.25, 0.3) is 16.8 Å². The van der Waals surface area contributed by atoms with Gasteiger partial charge in [-0.25, -0.2) is 13.6 Å². The molecule has 1 aliphatic rings. The van der Waals surface area contributed by atoms with E-state index in [1.165, 1.54) is 18.5 Å². The summed E-state index contributed by atoms with van der Waals surface area (Å²) < 4.78 is 23.3. The van der Waals surface area contributed by atoms with Crippen molar-refractivity contribution < 1.29 is 14.2 Å². The van der Waals surface area contributed by atoms with Gasteiger partial charge in [-0.2, -0.15) is 10.4 Å². The van der Waals surface area contributed by atoms with Crippen LogP contribution in [0.5, 0.6) is 5.75 Å². The molecule has 4 heterocycles. The number of ether oxygens (including phenoxy) is 1. The minimum atomic E-state index is -0.443. The summed E-state index contributed by atoms with van der Waals surface area (Å²) in [6.07, 6.45) is 7.59. The summed E-state index contributed by atoms with van der Waals surface area (Å²) in [6, 6.07) is 7.16. The van der Waals surface area contributed by atoms with Crippen molar-refractivity contribution in [3.05, 3.63) is 59.6 Å². The molecule has 1 aliphatic carbocycles. The second-order valence-corrected chi connectivity index (χ2v) is 8.90. The van der Waals surface area contributed by atoms with Gasteiger partial charge in [0.1, 0.15) is 40.5 Å². The van der Waals surface area contributed by atoms with Crippen LogP contribution in [0.2, 0.25) is 0 Å². The highest BCUT2D eigenvalue weighted by atomic mass is 19.1. The first kappa shape index (κ1) is 22.9. The first-order valence-electron chi connectivity index (χ1n) is 11.8. The van der Waals surface area contributed by atoms with Gasteiger partial charge in [-0.15, -0.1) is 5.10 Å². The lowest BCUT2D eigenvalue weighted by atomic mass is 9.93. The maximum Gasteiger partial charge on any atom is 0.148 e. The summed E-state index contributed by atoms with van der Waals surface area (Å²) in [7, 11) is 0. The summed E-state index contributed by atoms with van der Waals surface area (Å²) in [4.78, 5) is 4.18. The quantitative estimate of drug-likeness (QED) is 0.442. The number of hydrogen-bond acceptors (Lipinski definition) is 7. The molecule has 0 aromatic carbocycles. The molecule has 5 rings (SSSR count). The van der Waals surface area contributed by atoms with E-state index in [9.17, 15) is 14.8 Å². The number of pyridine rings is 2. The fourth-order valence-corrected chi connectivity index (χ4v) is 4.73. The Labute approximate surface area is 201 Å². The van der Waals surface area contributed by atoms with Crippen LogP contribution in [0.1, 0.15) is 68.1 Å². The van der Waals surface area contributed by atoms with Crippen LogP contribution in [0.3, 0.4) is 0 Å². The molecule has 35 heavy (non-hydrogen) atoms. The normalized spacial score (nSPS) is 18.9. The highest BCUT2D eigenvalue weighted by molar-refractivity contribution is 5.74. The topological polar surface area (TPSA) is 114 Å². The van der Waals surface area contributed by atoms with Crippen molar-refractivity contribution in [1.82, 2.24) is 29.6 Å². The van der Waals surface area contributed by atoms with Crippen LogP contribution in [0.4, 0.5) is 4.39 Å². The molecule has 4 aromatic rings. The van der Waals surface area contributed by atoms with Gasteiger partial charge in [-0.3, -0.25) is 4.98 Å². The Balaban J connectivity index is 1.55. The Morgan fingerprint density at radius 3 is 2.74 bits per heavy atom. The van der Waals surface area contributed by atoms with Crippen LogP contribution >= 0.6 is 0 Å². The molecule has 180 valence electrons. The third kappa shape index (κ3) is 4.35. The fraction of sp³-hybridized carbons (Fsp3) is 0.400. The number of rotatable bonds is 6. The molecule has 1 N–H and O–H groups in total. The third-order valence-electron chi connectivity index (χ3n) is 6.63. The Morgan fingerprint density at radius 1 is 1.26 bits per heavy atom. The van der Waals surface area contributed by atoms with Crippen LogP contribution in [0, 0.1) is 24.1 Å². The minimum absolute atomic E-state index is 0.197. The maximum absolute atomic E-state index is 13.4. The van der Waals surface area contributed by atoms with Crippen molar-refractivity contribution in [3.63, 3.8) is 0 Å². The number of nitriles is 1. The monoisotopic (exact) mass is 475 g/mol. The first-order valence-corrected chi connectivity index (χ1v) is 11.8. The summed E-state index contributed by atoms with van der Waals surface area (Å²) >= 11 is 0. The Morgan fingerprint density at radius 2 is 2.06 bits per heavy atom. The van der Waals surface area contributed by atoms with Crippen molar-refractivity contribution in [2.24, 2.45) is 0 Å². The van der Waals surface area contributed by atoms with Crippen molar-refractivity contribution in [1.29, 1.82) is 5.26 Å². The van der Waals surface area contributed by atoms with Crippen molar-refractivity contribution >= 4 is 5.52 Å². The predicted molar refractivity (Wildman–Crippen MR) is 125 cm³/mol. The molecular weight excluding hydrogens is 449 g/mol. The van der Waals surface area contributed by atoms with Crippen molar-refractivity contribution in [2.45, 2.75) is 64.2 Å². The fourth-order valence-electron chi connectivity index (χ4n) is 4.73. The number of halogens is 1. The van der Waals surface area contributed by atoms with Gasteiger partial charge in [-0.05, 0) is 57.2 Å². The van der Waals surface area contributed by atoms with E-state index in [0.717, 1.165) is 36.9 Å². The molecule has 0 amide bonds. The standard InChI is InChI=1S/C25H26FN7O2/c1-3-22(21-9-4-18(26)13-28-21)35-23-10-16(14-32-25(23)17(11-27)12-29-32)24-15(2)33(31-30-24)19-5-7-20(34)8-6-19/h4,9-10,12-14,19-20,22,34H,3,5-8H2,1-2H3/t19?,20?,22-/m1/s1. The second kappa shape index (κ2) is 9.43. The molecule has 4 aromatic heterocycles. The molecule has 1 saturated carbocycles. The van der Waals surface area contributed by atoms with Gasteiger partial charge < -0.3 is 9.84 Å². The lowest BCUT2D eigenvalue weighted by molar-refractivity contribution is 0.107. The summed E-state index contributed by atoms with van der Waals surface area (Å²) in [5.74, 6) is 0.0471. The van der Waals surface area contributed by atoms with Gasteiger partial charge in [0.25, 0.3) is 0 Å². The number of nitrogens with zero attached hydrogens (tertiary/aromatic N) is 7. The van der Waals surface area contributed by atoms with E-state index >= 15 is 0 Å². The highest BCUT2D eigenvalue weighted by Crippen LogP contribution is 2.35. The van der Waals surface area contributed by atoms with E-state index < -0.39 is 11.9 Å². The average molecular weight is 476 g/mol. The molecular formula is C25H26FN7O2. The van der Waals surface area contributed by atoms with E-state index in [4.69, 9.17) is 4.74 Å². The number of fused-ring (bicyclic) bond motifs is 1. The second-order valence-electron chi connectivity index (χ2n) is 8.90. The van der Waals surface area contributed by atoms with Crippen LogP contribution in [-0.4, -0.2) is 40.8 Å². The Hall–Kier alpha value is -3.84. The molecule has 0 saturated heterocycles. The number of hydrogen-bond donors (Lipinski definition) is 1.